The molecule has 0 saturated heterocycles. The third-order valence-electron chi connectivity index (χ3n) is 3.38. The highest BCUT2D eigenvalue weighted by atomic mass is 16.5. The number of amides is 1. The van der Waals surface area contributed by atoms with Gasteiger partial charge in [-0.2, -0.15) is 0 Å². The van der Waals surface area contributed by atoms with Crippen molar-refractivity contribution in [3.8, 4) is 17.1 Å². The molecule has 26 heavy (non-hydrogen) atoms. The molecule has 1 amide bonds. The summed E-state index contributed by atoms with van der Waals surface area (Å²) < 4.78 is 10.1. The SMILES string of the molecule is CCOC(=O)C(=O)NC(C)c1nnc(-c2ccccc2OCC)[nH]c1=O. The molecule has 9 nitrogen and oxygen atoms in total. The van der Waals surface area contributed by atoms with Crippen LogP contribution in [0.15, 0.2) is 29.1 Å². The lowest BCUT2D eigenvalue weighted by atomic mass is 10.2. The van der Waals surface area contributed by atoms with Gasteiger partial charge in [0, 0.05) is 0 Å². The van der Waals surface area contributed by atoms with Gasteiger partial charge in [0.1, 0.15) is 5.75 Å². The summed E-state index contributed by atoms with van der Waals surface area (Å²) >= 11 is 0. The lowest BCUT2D eigenvalue weighted by Crippen LogP contribution is -2.37. The van der Waals surface area contributed by atoms with Gasteiger partial charge in [0.25, 0.3) is 5.56 Å². The van der Waals surface area contributed by atoms with Crippen molar-refractivity contribution in [1.82, 2.24) is 20.5 Å². The van der Waals surface area contributed by atoms with Crippen LogP contribution in [0.3, 0.4) is 0 Å². The molecule has 0 aliphatic heterocycles. The first-order valence-corrected chi connectivity index (χ1v) is 8.14. The maximum Gasteiger partial charge on any atom is 0.396 e. The van der Waals surface area contributed by atoms with E-state index in [1.54, 1.807) is 31.2 Å². The number of carbonyl (C=O) groups is 2. The van der Waals surface area contributed by atoms with Gasteiger partial charge in [0.05, 0.1) is 24.8 Å². The Kier molecular flexibility index (Phi) is 6.42. The normalized spacial score (nSPS) is 11.5. The number of esters is 1. The quantitative estimate of drug-likeness (QED) is 0.581. The number of carbonyl (C=O) groups excluding carboxylic acids is 2. The monoisotopic (exact) mass is 360 g/mol. The first-order chi connectivity index (χ1) is 12.5. The highest BCUT2D eigenvalue weighted by molar-refractivity contribution is 6.32. The number of H-pyrrole nitrogens is 1. The number of nitrogens with zero attached hydrogens (tertiary/aromatic N) is 2. The van der Waals surface area contributed by atoms with Crippen molar-refractivity contribution < 1.29 is 19.1 Å². The van der Waals surface area contributed by atoms with Crippen molar-refractivity contribution >= 4 is 11.9 Å². The standard InChI is InChI=1S/C17H20N4O5/c1-4-25-12-9-7-6-8-11(12)14-19-15(22)13(20-21-14)10(3)18-16(23)17(24)26-5-2/h6-10H,4-5H2,1-3H3,(H,18,23)(H,19,21,22). The Hall–Kier alpha value is -3.23. The summed E-state index contributed by atoms with van der Waals surface area (Å²) in [6.45, 7) is 5.49. The lowest BCUT2D eigenvalue weighted by Gasteiger charge is -2.12. The summed E-state index contributed by atoms with van der Waals surface area (Å²) in [5, 5.41) is 10.3. The average molecular weight is 360 g/mol. The van der Waals surface area contributed by atoms with Crippen LogP contribution in [0.4, 0.5) is 0 Å². The fraction of sp³-hybridized carbons (Fsp3) is 0.353. The van der Waals surface area contributed by atoms with Crippen molar-refractivity contribution in [1.29, 1.82) is 0 Å². The molecule has 2 N–H and O–H groups in total. The minimum Gasteiger partial charge on any atom is -0.493 e. The van der Waals surface area contributed by atoms with Crippen LogP contribution in [0.5, 0.6) is 5.75 Å². The summed E-state index contributed by atoms with van der Waals surface area (Å²) in [5.41, 5.74) is 0.0342. The first kappa shape index (κ1) is 19.1. The Morgan fingerprint density at radius 1 is 1.19 bits per heavy atom. The van der Waals surface area contributed by atoms with Crippen molar-refractivity contribution in [2.24, 2.45) is 0 Å². The molecule has 0 saturated carbocycles. The maximum atomic E-state index is 12.3. The van der Waals surface area contributed by atoms with Crippen LogP contribution in [-0.2, 0) is 14.3 Å². The number of para-hydroxylation sites is 1. The first-order valence-electron chi connectivity index (χ1n) is 8.14. The number of aromatic amines is 1. The van der Waals surface area contributed by atoms with Crippen LogP contribution >= 0.6 is 0 Å². The van der Waals surface area contributed by atoms with E-state index in [2.05, 4.69) is 25.2 Å². The molecule has 9 heteroatoms. The second kappa shape index (κ2) is 8.75. The summed E-state index contributed by atoms with van der Waals surface area (Å²) in [4.78, 5) is 38.0. The number of ether oxygens (including phenoxy) is 2. The van der Waals surface area contributed by atoms with E-state index in [1.807, 2.05) is 6.92 Å². The molecule has 0 bridgehead atoms. The molecule has 1 atom stereocenters. The van der Waals surface area contributed by atoms with Gasteiger partial charge in [-0.15, -0.1) is 10.2 Å². The minimum absolute atomic E-state index is 0.0275. The number of aromatic nitrogens is 3. The lowest BCUT2D eigenvalue weighted by molar-refractivity contribution is -0.154. The average Bonchev–Trinajstić information content (AvgIpc) is 2.62. The van der Waals surface area contributed by atoms with Crippen LogP contribution < -0.4 is 15.6 Å². The molecule has 2 rings (SSSR count). The number of nitrogens with one attached hydrogen (secondary N) is 2. The van der Waals surface area contributed by atoms with Crippen LogP contribution in [0, 0.1) is 0 Å². The van der Waals surface area contributed by atoms with Gasteiger partial charge >= 0.3 is 11.9 Å². The predicted octanol–water partition coefficient (Wildman–Crippen LogP) is 0.971. The molecule has 1 heterocycles. The Bertz CT molecular complexity index is 849. The highest BCUT2D eigenvalue weighted by Gasteiger charge is 2.21. The van der Waals surface area contributed by atoms with Gasteiger partial charge < -0.3 is 19.8 Å². The second-order valence-corrected chi connectivity index (χ2v) is 5.23. The summed E-state index contributed by atoms with van der Waals surface area (Å²) in [6, 6.07) is 6.28. The van der Waals surface area contributed by atoms with E-state index in [9.17, 15) is 14.4 Å². The van der Waals surface area contributed by atoms with Crippen LogP contribution in [0.25, 0.3) is 11.4 Å². The Labute approximate surface area is 149 Å². The number of rotatable bonds is 6. The third-order valence-corrected chi connectivity index (χ3v) is 3.38. The summed E-state index contributed by atoms with van der Waals surface area (Å²) in [7, 11) is 0. The smallest absolute Gasteiger partial charge is 0.396 e. The second-order valence-electron chi connectivity index (χ2n) is 5.23. The van der Waals surface area contributed by atoms with E-state index in [0.717, 1.165) is 0 Å². The van der Waals surface area contributed by atoms with Gasteiger partial charge in [0.2, 0.25) is 0 Å². The predicted molar refractivity (Wildman–Crippen MR) is 92.4 cm³/mol. The molecule has 1 unspecified atom stereocenters. The minimum atomic E-state index is -1.02. The van der Waals surface area contributed by atoms with E-state index in [-0.39, 0.29) is 18.1 Å². The van der Waals surface area contributed by atoms with Gasteiger partial charge in [-0.25, -0.2) is 4.79 Å². The molecule has 138 valence electrons. The zero-order valence-electron chi connectivity index (χ0n) is 14.7. The zero-order chi connectivity index (χ0) is 19.1. The van der Waals surface area contributed by atoms with Crippen molar-refractivity contribution in [2.45, 2.75) is 26.8 Å². The summed E-state index contributed by atoms with van der Waals surface area (Å²) in [5.74, 6) is -1.17. The molecule has 1 aromatic carbocycles. The van der Waals surface area contributed by atoms with Crippen molar-refractivity contribution in [3.05, 3.63) is 40.3 Å². The van der Waals surface area contributed by atoms with E-state index in [0.29, 0.717) is 17.9 Å². The van der Waals surface area contributed by atoms with Crippen LogP contribution in [0.2, 0.25) is 0 Å². The molecule has 2 aromatic rings. The molecule has 1 aromatic heterocycles. The molecular formula is C17H20N4O5. The largest absolute Gasteiger partial charge is 0.493 e. The molecule has 0 aliphatic rings. The Balaban J connectivity index is 2.24. The van der Waals surface area contributed by atoms with Crippen molar-refractivity contribution in [3.63, 3.8) is 0 Å². The van der Waals surface area contributed by atoms with E-state index >= 15 is 0 Å². The topological polar surface area (TPSA) is 123 Å². The van der Waals surface area contributed by atoms with E-state index in [4.69, 9.17) is 4.74 Å². The van der Waals surface area contributed by atoms with Gasteiger partial charge in [-0.05, 0) is 32.9 Å². The Morgan fingerprint density at radius 3 is 2.58 bits per heavy atom. The highest BCUT2D eigenvalue weighted by Crippen LogP contribution is 2.26. The summed E-state index contributed by atoms with van der Waals surface area (Å²) in [6.07, 6.45) is 0. The van der Waals surface area contributed by atoms with Gasteiger partial charge in [-0.3, -0.25) is 9.59 Å². The zero-order valence-corrected chi connectivity index (χ0v) is 14.7. The number of benzene rings is 1. The maximum absolute atomic E-state index is 12.3. The van der Waals surface area contributed by atoms with E-state index in [1.165, 1.54) is 6.92 Å². The fourth-order valence-corrected chi connectivity index (χ4v) is 2.21. The molecule has 0 aliphatic carbocycles. The van der Waals surface area contributed by atoms with Gasteiger partial charge in [0.15, 0.2) is 11.5 Å². The van der Waals surface area contributed by atoms with Crippen LogP contribution in [-0.4, -0.2) is 40.3 Å². The third kappa shape index (κ3) is 4.44. The molecular weight excluding hydrogens is 340 g/mol. The van der Waals surface area contributed by atoms with E-state index < -0.39 is 23.5 Å². The number of hydrogen-bond acceptors (Lipinski definition) is 7. The van der Waals surface area contributed by atoms with Crippen molar-refractivity contribution in [2.75, 3.05) is 13.2 Å². The molecule has 0 fully saturated rings. The fourth-order valence-electron chi connectivity index (χ4n) is 2.21. The van der Waals surface area contributed by atoms with Gasteiger partial charge in [-0.1, -0.05) is 12.1 Å². The van der Waals surface area contributed by atoms with Crippen LogP contribution in [0.1, 0.15) is 32.5 Å². The molecule has 0 radical (unpaired) electrons. The molecule has 0 spiro atoms. The Morgan fingerprint density at radius 2 is 1.92 bits per heavy atom. The number of hydrogen-bond donors (Lipinski definition) is 2.